The molecule has 6 heteroatoms. The van der Waals surface area contributed by atoms with E-state index < -0.39 is 0 Å². The first-order chi connectivity index (χ1) is 21.2. The summed E-state index contributed by atoms with van der Waals surface area (Å²) in [5, 5.41) is 0. The third-order valence-electron chi connectivity index (χ3n) is 6.80. The molecule has 0 atom stereocenters. The molecule has 3 amide bonds. The second-order valence-corrected chi connectivity index (χ2v) is 9.46. The van der Waals surface area contributed by atoms with Crippen molar-refractivity contribution in [3.05, 3.63) is 168 Å². The molecule has 0 N–H and O–H groups in total. The van der Waals surface area contributed by atoms with Crippen molar-refractivity contribution in [2.24, 2.45) is 0 Å². The molecule has 0 saturated carbocycles. The van der Waals surface area contributed by atoms with Crippen molar-refractivity contribution in [1.82, 2.24) is 0 Å². The third-order valence-corrected chi connectivity index (χ3v) is 6.80. The first-order valence-electron chi connectivity index (χ1n) is 13.7. The minimum Gasteiger partial charge on any atom is -0.284 e. The van der Waals surface area contributed by atoms with Crippen LogP contribution in [0.3, 0.4) is 0 Å². The van der Waals surface area contributed by atoms with Gasteiger partial charge in [0.2, 0.25) is 19.2 Å². The van der Waals surface area contributed by atoms with Crippen LogP contribution in [0.25, 0.3) is 11.8 Å². The Labute approximate surface area is 251 Å². The van der Waals surface area contributed by atoms with Crippen LogP contribution < -0.4 is 14.7 Å². The molecule has 5 aromatic carbocycles. The molecule has 0 radical (unpaired) electrons. The maximum absolute atomic E-state index is 12.9. The van der Waals surface area contributed by atoms with Crippen molar-refractivity contribution < 1.29 is 14.4 Å². The van der Waals surface area contributed by atoms with Crippen LogP contribution in [0, 0.1) is 0 Å². The molecule has 0 aromatic heterocycles. The number of carbonyl (C=O) groups is 3. The van der Waals surface area contributed by atoms with Gasteiger partial charge in [0.25, 0.3) is 0 Å². The highest BCUT2D eigenvalue weighted by Crippen LogP contribution is 2.36. The number of allylic oxidation sites excluding steroid dienone is 1. The fraction of sp³-hybridized carbons (Fsp3) is 0. The van der Waals surface area contributed by atoms with Gasteiger partial charge in [-0.25, -0.2) is 0 Å². The quantitative estimate of drug-likeness (QED) is 0.116. The second-order valence-electron chi connectivity index (χ2n) is 9.46. The molecule has 0 aliphatic carbocycles. The van der Waals surface area contributed by atoms with Crippen molar-refractivity contribution in [3.8, 4) is 0 Å². The SMILES string of the molecule is O=CN(C(=Cc1ccccc1)C=C(c1ccccc1N(C=O)c1ccccc1)N(C=O)c1ccccc1)c1ccccc1. The Morgan fingerprint density at radius 1 is 0.465 bits per heavy atom. The molecular formula is C37H29N3O3. The molecule has 0 heterocycles. The van der Waals surface area contributed by atoms with Gasteiger partial charge in [-0.2, -0.15) is 0 Å². The van der Waals surface area contributed by atoms with Gasteiger partial charge in [0.05, 0.1) is 17.1 Å². The average molecular weight is 564 g/mol. The Hall–Kier alpha value is -6.01. The molecule has 0 bridgehead atoms. The van der Waals surface area contributed by atoms with E-state index >= 15 is 0 Å². The number of para-hydroxylation sites is 4. The molecule has 6 nitrogen and oxygen atoms in total. The molecule has 43 heavy (non-hydrogen) atoms. The fourth-order valence-corrected chi connectivity index (χ4v) is 4.77. The number of anilines is 4. The zero-order valence-corrected chi connectivity index (χ0v) is 23.3. The van der Waals surface area contributed by atoms with Crippen molar-refractivity contribution >= 4 is 53.8 Å². The number of benzene rings is 5. The Balaban J connectivity index is 1.79. The molecule has 0 aliphatic rings. The van der Waals surface area contributed by atoms with Crippen LogP contribution in [0.4, 0.5) is 22.7 Å². The van der Waals surface area contributed by atoms with E-state index in [0.717, 1.165) is 24.8 Å². The van der Waals surface area contributed by atoms with Gasteiger partial charge in [-0.1, -0.05) is 103 Å². The van der Waals surface area contributed by atoms with Gasteiger partial charge in [-0.3, -0.25) is 29.1 Å². The van der Waals surface area contributed by atoms with Crippen LogP contribution in [0.15, 0.2) is 157 Å². The second kappa shape index (κ2) is 14.1. The lowest BCUT2D eigenvalue weighted by atomic mass is 10.0. The Kier molecular flexibility index (Phi) is 9.32. The molecular weight excluding hydrogens is 534 g/mol. The maximum Gasteiger partial charge on any atom is 0.218 e. The summed E-state index contributed by atoms with van der Waals surface area (Å²) < 4.78 is 0. The van der Waals surface area contributed by atoms with E-state index in [1.807, 2.05) is 152 Å². The first kappa shape index (κ1) is 28.5. The smallest absolute Gasteiger partial charge is 0.218 e. The minimum absolute atomic E-state index is 0.463. The Morgan fingerprint density at radius 2 is 0.930 bits per heavy atom. The third kappa shape index (κ3) is 6.66. The van der Waals surface area contributed by atoms with E-state index in [0.29, 0.717) is 39.7 Å². The molecule has 5 aromatic rings. The predicted octanol–water partition coefficient (Wildman–Crippen LogP) is 7.69. The normalized spacial score (nSPS) is 11.3. The van der Waals surface area contributed by atoms with Crippen LogP contribution >= 0.6 is 0 Å². The first-order valence-corrected chi connectivity index (χ1v) is 13.7. The zero-order chi connectivity index (χ0) is 29.9. The fourth-order valence-electron chi connectivity index (χ4n) is 4.77. The van der Waals surface area contributed by atoms with Crippen molar-refractivity contribution in [2.45, 2.75) is 0 Å². The Morgan fingerprint density at radius 3 is 1.47 bits per heavy atom. The summed E-state index contributed by atoms with van der Waals surface area (Å²) in [6.07, 6.45) is 5.91. The van der Waals surface area contributed by atoms with Gasteiger partial charge in [0, 0.05) is 22.6 Å². The van der Waals surface area contributed by atoms with Crippen molar-refractivity contribution in [1.29, 1.82) is 0 Å². The molecule has 0 spiro atoms. The summed E-state index contributed by atoms with van der Waals surface area (Å²) in [4.78, 5) is 42.7. The lowest BCUT2D eigenvalue weighted by Gasteiger charge is -2.28. The number of carbonyl (C=O) groups excluding carboxylic acids is 3. The lowest BCUT2D eigenvalue weighted by Crippen LogP contribution is -2.25. The molecule has 0 aliphatic heterocycles. The van der Waals surface area contributed by atoms with Gasteiger partial charge in [-0.15, -0.1) is 0 Å². The summed E-state index contributed by atoms with van der Waals surface area (Å²) >= 11 is 0. The van der Waals surface area contributed by atoms with Gasteiger partial charge < -0.3 is 0 Å². The number of nitrogens with zero attached hydrogens (tertiary/aromatic N) is 3. The summed E-state index contributed by atoms with van der Waals surface area (Å²) in [6, 6.07) is 44.8. The summed E-state index contributed by atoms with van der Waals surface area (Å²) in [5.74, 6) is 0. The van der Waals surface area contributed by atoms with Crippen LogP contribution in [-0.4, -0.2) is 19.2 Å². The van der Waals surface area contributed by atoms with Gasteiger partial charge in [-0.05, 0) is 60.2 Å². The largest absolute Gasteiger partial charge is 0.284 e. The van der Waals surface area contributed by atoms with Crippen LogP contribution in [0.1, 0.15) is 11.1 Å². The van der Waals surface area contributed by atoms with E-state index in [1.165, 1.54) is 14.7 Å². The lowest BCUT2D eigenvalue weighted by molar-refractivity contribution is -0.107. The summed E-state index contributed by atoms with van der Waals surface area (Å²) in [7, 11) is 0. The minimum atomic E-state index is 0.463. The van der Waals surface area contributed by atoms with Crippen molar-refractivity contribution in [2.75, 3.05) is 14.7 Å². The monoisotopic (exact) mass is 563 g/mol. The molecule has 0 unspecified atom stereocenters. The van der Waals surface area contributed by atoms with Crippen LogP contribution in [0.2, 0.25) is 0 Å². The highest BCUT2D eigenvalue weighted by molar-refractivity contribution is 6.02. The zero-order valence-electron chi connectivity index (χ0n) is 23.3. The highest BCUT2D eigenvalue weighted by atomic mass is 16.1. The van der Waals surface area contributed by atoms with E-state index in [-0.39, 0.29) is 0 Å². The van der Waals surface area contributed by atoms with Crippen molar-refractivity contribution in [3.63, 3.8) is 0 Å². The number of hydrogen-bond donors (Lipinski definition) is 0. The van der Waals surface area contributed by atoms with Gasteiger partial charge in [0.15, 0.2) is 0 Å². The summed E-state index contributed by atoms with van der Waals surface area (Å²) in [5.41, 5.74) is 4.94. The van der Waals surface area contributed by atoms with Gasteiger partial charge in [0.1, 0.15) is 0 Å². The van der Waals surface area contributed by atoms with Crippen LogP contribution in [0.5, 0.6) is 0 Å². The highest BCUT2D eigenvalue weighted by Gasteiger charge is 2.22. The standard InChI is InChI=1S/C37H29N3O3/c41-27-38(31-17-7-2-8-18-31)34(25-30-15-5-1-6-16-30)26-37(40(29-43)33-21-11-4-12-22-33)35-23-13-14-24-36(35)39(28-42)32-19-9-3-10-20-32/h1-29H. The van der Waals surface area contributed by atoms with E-state index in [4.69, 9.17) is 0 Å². The molecule has 5 rings (SSSR count). The molecule has 210 valence electrons. The van der Waals surface area contributed by atoms with E-state index in [1.54, 1.807) is 6.08 Å². The predicted molar refractivity (Wildman–Crippen MR) is 173 cm³/mol. The number of amides is 3. The topological polar surface area (TPSA) is 60.9 Å². The van der Waals surface area contributed by atoms with E-state index in [9.17, 15) is 14.4 Å². The summed E-state index contributed by atoms with van der Waals surface area (Å²) in [6.45, 7) is 0. The van der Waals surface area contributed by atoms with E-state index in [2.05, 4.69) is 0 Å². The Bertz CT molecular complexity index is 1720. The average Bonchev–Trinajstić information content (AvgIpc) is 3.07. The van der Waals surface area contributed by atoms with Crippen LogP contribution in [-0.2, 0) is 14.4 Å². The maximum atomic E-state index is 12.9. The molecule has 0 saturated heterocycles. The number of rotatable bonds is 12. The molecule has 0 fully saturated rings. The number of hydrogen-bond acceptors (Lipinski definition) is 3. The van der Waals surface area contributed by atoms with Gasteiger partial charge >= 0.3 is 0 Å².